The number of hydrogen-bond donors (Lipinski definition) is 2. The number of carboxylic acids is 1. The number of anilines is 1. The molecular formula is C14H12FNO4. The van der Waals surface area contributed by atoms with Gasteiger partial charge in [-0.2, -0.15) is 0 Å². The maximum Gasteiger partial charge on any atom is 0.310 e. The molecule has 1 amide bonds. The molecule has 3 rings (SSSR count). The van der Waals surface area contributed by atoms with Gasteiger partial charge in [-0.05, 0) is 24.3 Å². The highest BCUT2D eigenvalue weighted by Gasteiger charge is 2.53. The summed E-state index contributed by atoms with van der Waals surface area (Å²) in [6.45, 7) is 0. The highest BCUT2D eigenvalue weighted by Crippen LogP contribution is 2.39. The summed E-state index contributed by atoms with van der Waals surface area (Å²) in [7, 11) is 0. The number of aliphatic carboxylic acids is 1. The zero-order chi connectivity index (χ0) is 14.3. The number of rotatable bonds is 3. The third-order valence-corrected chi connectivity index (χ3v) is 3.60. The normalized spacial score (nSPS) is 30.4. The van der Waals surface area contributed by atoms with Crippen LogP contribution in [0.1, 0.15) is 0 Å². The van der Waals surface area contributed by atoms with Gasteiger partial charge in [-0.1, -0.05) is 12.2 Å². The lowest BCUT2D eigenvalue weighted by Gasteiger charge is -2.20. The van der Waals surface area contributed by atoms with Gasteiger partial charge in [-0.3, -0.25) is 9.59 Å². The first kappa shape index (κ1) is 12.8. The maximum absolute atomic E-state index is 12.8. The fourth-order valence-corrected chi connectivity index (χ4v) is 2.67. The SMILES string of the molecule is O=C(O)C1C2C=CC(O2)C1C(=O)Nc1ccc(F)cc1. The van der Waals surface area contributed by atoms with Crippen molar-refractivity contribution < 1.29 is 23.8 Å². The van der Waals surface area contributed by atoms with Crippen LogP contribution >= 0.6 is 0 Å². The summed E-state index contributed by atoms with van der Waals surface area (Å²) in [5.74, 6) is -3.54. The summed E-state index contributed by atoms with van der Waals surface area (Å²) in [6.07, 6.45) is 2.31. The maximum atomic E-state index is 12.8. The van der Waals surface area contributed by atoms with Crippen molar-refractivity contribution in [3.8, 4) is 0 Å². The fourth-order valence-electron chi connectivity index (χ4n) is 2.67. The number of halogens is 1. The van der Waals surface area contributed by atoms with Crippen molar-refractivity contribution in [3.63, 3.8) is 0 Å². The van der Waals surface area contributed by atoms with Gasteiger partial charge in [0.25, 0.3) is 0 Å². The van der Waals surface area contributed by atoms with Crippen LogP contribution in [0.15, 0.2) is 36.4 Å². The van der Waals surface area contributed by atoms with E-state index >= 15 is 0 Å². The molecule has 2 heterocycles. The first-order chi connectivity index (χ1) is 9.56. The largest absolute Gasteiger partial charge is 0.481 e. The molecule has 0 spiro atoms. The summed E-state index contributed by atoms with van der Waals surface area (Å²) in [5, 5.41) is 11.8. The van der Waals surface area contributed by atoms with E-state index in [1.165, 1.54) is 24.3 Å². The van der Waals surface area contributed by atoms with Gasteiger partial charge in [-0.15, -0.1) is 0 Å². The van der Waals surface area contributed by atoms with Crippen molar-refractivity contribution in [2.45, 2.75) is 12.2 Å². The quantitative estimate of drug-likeness (QED) is 0.819. The van der Waals surface area contributed by atoms with Crippen LogP contribution in [0.3, 0.4) is 0 Å². The van der Waals surface area contributed by atoms with Gasteiger partial charge >= 0.3 is 5.97 Å². The second kappa shape index (κ2) is 4.72. The molecule has 6 heteroatoms. The zero-order valence-corrected chi connectivity index (χ0v) is 10.3. The summed E-state index contributed by atoms with van der Waals surface area (Å²) >= 11 is 0. The van der Waals surface area contributed by atoms with Crippen molar-refractivity contribution in [1.29, 1.82) is 0 Å². The van der Waals surface area contributed by atoms with E-state index in [0.717, 1.165) is 0 Å². The van der Waals surface area contributed by atoms with Crippen LogP contribution in [0.2, 0.25) is 0 Å². The number of carboxylic acid groups (broad SMARTS) is 1. The van der Waals surface area contributed by atoms with Crippen LogP contribution in [0, 0.1) is 17.7 Å². The molecule has 2 bridgehead atoms. The Balaban J connectivity index is 1.78. The lowest BCUT2D eigenvalue weighted by molar-refractivity contribution is -0.145. The molecule has 4 atom stereocenters. The molecule has 20 heavy (non-hydrogen) atoms. The predicted octanol–water partition coefficient (Wildman–Crippen LogP) is 1.42. The Kier molecular flexibility index (Phi) is 3.02. The van der Waals surface area contributed by atoms with Gasteiger partial charge < -0.3 is 15.2 Å². The minimum absolute atomic E-state index is 0.405. The number of fused-ring (bicyclic) bond motifs is 2. The molecule has 104 valence electrons. The Morgan fingerprint density at radius 3 is 2.30 bits per heavy atom. The van der Waals surface area contributed by atoms with Crippen LogP contribution in [0.5, 0.6) is 0 Å². The highest BCUT2D eigenvalue weighted by molar-refractivity contribution is 5.96. The summed E-state index contributed by atoms with van der Waals surface area (Å²) < 4.78 is 18.2. The van der Waals surface area contributed by atoms with Gasteiger partial charge in [0.15, 0.2) is 0 Å². The van der Waals surface area contributed by atoms with E-state index in [9.17, 15) is 19.1 Å². The minimum atomic E-state index is -1.05. The number of hydrogen-bond acceptors (Lipinski definition) is 3. The third kappa shape index (κ3) is 2.08. The van der Waals surface area contributed by atoms with Crippen LogP contribution in [0.4, 0.5) is 10.1 Å². The number of carbonyl (C=O) groups excluding carboxylic acids is 1. The molecule has 1 saturated heterocycles. The monoisotopic (exact) mass is 277 g/mol. The second-order valence-electron chi connectivity index (χ2n) is 4.84. The first-order valence-electron chi connectivity index (χ1n) is 6.19. The van der Waals surface area contributed by atoms with Gasteiger partial charge in [0.1, 0.15) is 11.7 Å². The van der Waals surface area contributed by atoms with E-state index in [2.05, 4.69) is 5.32 Å². The smallest absolute Gasteiger partial charge is 0.310 e. The van der Waals surface area contributed by atoms with Gasteiger partial charge in [0, 0.05) is 5.69 Å². The van der Waals surface area contributed by atoms with E-state index in [-0.39, 0.29) is 0 Å². The fraction of sp³-hybridized carbons (Fsp3) is 0.286. The highest BCUT2D eigenvalue weighted by atomic mass is 19.1. The number of ether oxygens (including phenoxy) is 1. The standard InChI is InChI=1S/C14H12FNO4/c15-7-1-3-8(4-2-7)16-13(17)11-9-5-6-10(20-9)12(11)14(18)19/h1-6,9-12H,(H,16,17)(H,18,19). The molecule has 4 unspecified atom stereocenters. The average Bonchev–Trinajstić information content (AvgIpc) is 3.01. The minimum Gasteiger partial charge on any atom is -0.481 e. The van der Waals surface area contributed by atoms with Crippen LogP contribution in [-0.4, -0.2) is 29.2 Å². The second-order valence-corrected chi connectivity index (χ2v) is 4.84. The zero-order valence-electron chi connectivity index (χ0n) is 10.3. The van der Waals surface area contributed by atoms with Crippen molar-refractivity contribution >= 4 is 17.6 Å². The molecular weight excluding hydrogens is 265 g/mol. The van der Waals surface area contributed by atoms with Crippen LogP contribution in [0.25, 0.3) is 0 Å². The van der Waals surface area contributed by atoms with Crippen molar-refractivity contribution in [1.82, 2.24) is 0 Å². The van der Waals surface area contributed by atoms with Crippen LogP contribution < -0.4 is 5.32 Å². The Morgan fingerprint density at radius 1 is 1.10 bits per heavy atom. The lowest BCUT2D eigenvalue weighted by Crippen LogP contribution is -2.39. The summed E-state index contributed by atoms with van der Waals surface area (Å²) in [5.41, 5.74) is 0.423. The molecule has 2 aliphatic heterocycles. The number of nitrogens with one attached hydrogen (secondary N) is 1. The van der Waals surface area contributed by atoms with E-state index in [0.29, 0.717) is 5.69 Å². The van der Waals surface area contributed by atoms with Gasteiger partial charge in [-0.25, -0.2) is 4.39 Å². The van der Waals surface area contributed by atoms with E-state index < -0.39 is 41.7 Å². The molecule has 1 fully saturated rings. The number of benzene rings is 1. The molecule has 0 radical (unpaired) electrons. The molecule has 0 aromatic heterocycles. The number of amides is 1. The Bertz CT molecular complexity index is 583. The van der Waals surface area contributed by atoms with Crippen molar-refractivity contribution in [3.05, 3.63) is 42.2 Å². The molecule has 0 aliphatic carbocycles. The lowest BCUT2D eigenvalue weighted by atomic mass is 9.82. The Labute approximate surface area is 114 Å². The Morgan fingerprint density at radius 2 is 1.70 bits per heavy atom. The predicted molar refractivity (Wildman–Crippen MR) is 67.4 cm³/mol. The topological polar surface area (TPSA) is 75.6 Å². The Hall–Kier alpha value is -2.21. The van der Waals surface area contributed by atoms with E-state index in [4.69, 9.17) is 4.74 Å². The van der Waals surface area contributed by atoms with Crippen LogP contribution in [-0.2, 0) is 14.3 Å². The molecule has 5 nitrogen and oxygen atoms in total. The molecule has 1 aromatic rings. The van der Waals surface area contributed by atoms with Gasteiger partial charge in [0.05, 0.1) is 18.1 Å². The molecule has 2 N–H and O–H groups in total. The summed E-state index contributed by atoms with van der Waals surface area (Å²) in [6, 6.07) is 5.29. The first-order valence-corrected chi connectivity index (χ1v) is 6.19. The van der Waals surface area contributed by atoms with E-state index in [1.54, 1.807) is 12.2 Å². The average molecular weight is 277 g/mol. The molecule has 1 aromatic carbocycles. The number of carbonyl (C=O) groups is 2. The summed E-state index contributed by atoms with van der Waals surface area (Å²) in [4.78, 5) is 23.5. The van der Waals surface area contributed by atoms with Gasteiger partial charge in [0.2, 0.25) is 5.91 Å². The van der Waals surface area contributed by atoms with Crippen molar-refractivity contribution in [2.24, 2.45) is 11.8 Å². The van der Waals surface area contributed by atoms with E-state index in [1.807, 2.05) is 0 Å². The molecule has 0 saturated carbocycles. The third-order valence-electron chi connectivity index (χ3n) is 3.60. The molecule has 2 aliphatic rings. The van der Waals surface area contributed by atoms with Crippen molar-refractivity contribution in [2.75, 3.05) is 5.32 Å².